The van der Waals surface area contributed by atoms with E-state index in [9.17, 15) is 0 Å². The van der Waals surface area contributed by atoms with Crippen molar-refractivity contribution < 1.29 is 4.74 Å². The molecule has 0 fully saturated rings. The van der Waals surface area contributed by atoms with E-state index in [0.29, 0.717) is 24.9 Å². The van der Waals surface area contributed by atoms with Crippen LogP contribution < -0.4 is 16.0 Å². The Kier molecular flexibility index (Phi) is 8.23. The van der Waals surface area contributed by atoms with Crippen molar-refractivity contribution >= 4 is 29.0 Å². The predicted molar refractivity (Wildman–Crippen MR) is 116 cm³/mol. The second-order valence-corrected chi connectivity index (χ2v) is 6.51. The zero-order valence-electron chi connectivity index (χ0n) is 16.0. The zero-order chi connectivity index (χ0) is 19.6. The summed E-state index contributed by atoms with van der Waals surface area (Å²) in [6.07, 6.45) is 1.69. The summed E-state index contributed by atoms with van der Waals surface area (Å²) in [5, 5.41) is 11.6. The van der Waals surface area contributed by atoms with Crippen molar-refractivity contribution in [1.82, 2.24) is 5.32 Å². The zero-order valence-corrected chi connectivity index (χ0v) is 16.8. The Morgan fingerprint density at radius 1 is 1.07 bits per heavy atom. The maximum Gasteiger partial charge on any atom is 0.199 e. The third kappa shape index (κ3) is 5.77. The minimum Gasteiger partial charge on any atom is -0.375 e. The fourth-order valence-electron chi connectivity index (χ4n) is 2.91. The number of para-hydroxylation sites is 1. The summed E-state index contributed by atoms with van der Waals surface area (Å²) in [6.45, 7) is 5.79. The highest BCUT2D eigenvalue weighted by atomic mass is 32.1. The van der Waals surface area contributed by atoms with Crippen molar-refractivity contribution in [3.05, 3.63) is 65.2 Å². The van der Waals surface area contributed by atoms with Crippen molar-refractivity contribution in [2.45, 2.75) is 33.3 Å². The van der Waals surface area contributed by atoms with Gasteiger partial charge in [0, 0.05) is 6.54 Å². The first-order chi connectivity index (χ1) is 13.1. The van der Waals surface area contributed by atoms with Gasteiger partial charge in [-0.2, -0.15) is 0 Å². The molecule has 0 unspecified atom stereocenters. The molecule has 27 heavy (non-hydrogen) atoms. The SMILES string of the molecule is CCc1cccc(CC)c1N(C(=N)N)C(=S)NCCOCc1ccccc1. The molecule has 0 aliphatic carbocycles. The Labute approximate surface area is 167 Å². The minimum atomic E-state index is -0.0895. The lowest BCUT2D eigenvalue weighted by molar-refractivity contribution is 0.125. The van der Waals surface area contributed by atoms with E-state index in [4.69, 9.17) is 28.1 Å². The largest absolute Gasteiger partial charge is 0.375 e. The molecule has 0 spiro atoms. The van der Waals surface area contributed by atoms with E-state index in [0.717, 1.165) is 35.2 Å². The molecule has 2 aromatic rings. The van der Waals surface area contributed by atoms with Gasteiger partial charge in [0.1, 0.15) is 0 Å². The molecule has 6 heteroatoms. The van der Waals surface area contributed by atoms with Crippen LogP contribution in [-0.2, 0) is 24.2 Å². The van der Waals surface area contributed by atoms with Gasteiger partial charge in [-0.25, -0.2) is 0 Å². The van der Waals surface area contributed by atoms with Crippen molar-refractivity contribution in [2.75, 3.05) is 18.1 Å². The van der Waals surface area contributed by atoms with Crippen LogP contribution in [0.1, 0.15) is 30.5 Å². The van der Waals surface area contributed by atoms with Gasteiger partial charge in [0.2, 0.25) is 0 Å². The summed E-state index contributed by atoms with van der Waals surface area (Å²) in [5.74, 6) is -0.0895. The molecule has 0 saturated heterocycles. The van der Waals surface area contributed by atoms with Gasteiger partial charge in [0.15, 0.2) is 11.1 Å². The number of anilines is 1. The van der Waals surface area contributed by atoms with Crippen LogP contribution in [0.3, 0.4) is 0 Å². The predicted octanol–water partition coefficient (Wildman–Crippen LogP) is 3.60. The smallest absolute Gasteiger partial charge is 0.199 e. The number of rotatable bonds is 8. The summed E-state index contributed by atoms with van der Waals surface area (Å²) in [4.78, 5) is 1.62. The van der Waals surface area contributed by atoms with E-state index < -0.39 is 0 Å². The minimum absolute atomic E-state index is 0.0895. The molecule has 5 nitrogen and oxygen atoms in total. The molecule has 0 aliphatic rings. The number of nitrogens with zero attached hydrogens (tertiary/aromatic N) is 1. The summed E-state index contributed by atoms with van der Waals surface area (Å²) in [6, 6.07) is 16.2. The fraction of sp³-hybridized carbons (Fsp3) is 0.333. The molecule has 2 rings (SSSR count). The third-order valence-electron chi connectivity index (χ3n) is 4.27. The summed E-state index contributed by atoms with van der Waals surface area (Å²) >= 11 is 5.53. The van der Waals surface area contributed by atoms with Crippen molar-refractivity contribution in [2.24, 2.45) is 5.73 Å². The van der Waals surface area contributed by atoms with Crippen LogP contribution >= 0.6 is 12.2 Å². The second-order valence-electron chi connectivity index (χ2n) is 6.12. The number of ether oxygens (including phenoxy) is 1. The quantitative estimate of drug-likeness (QED) is 0.281. The molecule has 0 saturated carbocycles. The first-order valence-electron chi connectivity index (χ1n) is 9.22. The average molecular weight is 385 g/mol. The molecule has 2 aromatic carbocycles. The summed E-state index contributed by atoms with van der Waals surface area (Å²) in [7, 11) is 0. The highest BCUT2D eigenvalue weighted by molar-refractivity contribution is 7.80. The number of hydrogen-bond acceptors (Lipinski definition) is 3. The number of benzene rings is 2. The lowest BCUT2D eigenvalue weighted by atomic mass is 10.0. The maximum absolute atomic E-state index is 8.04. The molecule has 0 radical (unpaired) electrons. The molecular weight excluding hydrogens is 356 g/mol. The molecular formula is C21H28N4OS. The van der Waals surface area contributed by atoms with Gasteiger partial charge in [0.05, 0.1) is 18.9 Å². The number of thiocarbonyl (C=S) groups is 1. The number of aryl methyl sites for hydroxylation is 2. The summed E-state index contributed by atoms with van der Waals surface area (Å²) < 4.78 is 5.68. The highest BCUT2D eigenvalue weighted by Crippen LogP contribution is 2.27. The topological polar surface area (TPSA) is 74.4 Å². The van der Waals surface area contributed by atoms with E-state index in [1.807, 2.05) is 36.4 Å². The monoisotopic (exact) mass is 384 g/mol. The molecule has 0 heterocycles. The van der Waals surface area contributed by atoms with Crippen LogP contribution in [0.15, 0.2) is 48.5 Å². The molecule has 144 valence electrons. The van der Waals surface area contributed by atoms with E-state index in [-0.39, 0.29) is 5.96 Å². The van der Waals surface area contributed by atoms with E-state index in [1.165, 1.54) is 0 Å². The van der Waals surface area contributed by atoms with Crippen LogP contribution in [0.2, 0.25) is 0 Å². The van der Waals surface area contributed by atoms with Crippen LogP contribution in [0.5, 0.6) is 0 Å². The first kappa shape index (κ1) is 20.9. The summed E-state index contributed by atoms with van der Waals surface area (Å²) in [5.41, 5.74) is 10.2. The van der Waals surface area contributed by atoms with Gasteiger partial charge in [0.25, 0.3) is 0 Å². The normalized spacial score (nSPS) is 10.4. The molecule has 0 aliphatic heterocycles. The van der Waals surface area contributed by atoms with Gasteiger partial charge in [-0.15, -0.1) is 0 Å². The van der Waals surface area contributed by atoms with E-state index in [1.54, 1.807) is 4.90 Å². The Hall–Kier alpha value is -2.44. The molecule has 0 bridgehead atoms. The van der Waals surface area contributed by atoms with Gasteiger partial charge < -0.3 is 15.8 Å². The maximum atomic E-state index is 8.04. The number of hydrogen-bond donors (Lipinski definition) is 3. The van der Waals surface area contributed by atoms with Gasteiger partial charge in [-0.3, -0.25) is 10.3 Å². The molecule has 4 N–H and O–H groups in total. The number of nitrogens with two attached hydrogens (primary N) is 1. The number of nitrogens with one attached hydrogen (secondary N) is 2. The Bertz CT molecular complexity index is 742. The van der Waals surface area contributed by atoms with Crippen LogP contribution in [-0.4, -0.2) is 24.2 Å². The van der Waals surface area contributed by atoms with Gasteiger partial charge in [-0.1, -0.05) is 62.4 Å². The lowest BCUT2D eigenvalue weighted by Crippen LogP contribution is -2.48. The van der Waals surface area contributed by atoms with Crippen molar-refractivity contribution in [1.29, 1.82) is 5.41 Å². The lowest BCUT2D eigenvalue weighted by Gasteiger charge is -2.28. The Morgan fingerprint density at radius 2 is 1.70 bits per heavy atom. The average Bonchev–Trinajstić information content (AvgIpc) is 2.68. The second kappa shape index (κ2) is 10.6. The van der Waals surface area contributed by atoms with Gasteiger partial charge >= 0.3 is 0 Å². The number of guanidine groups is 1. The van der Waals surface area contributed by atoms with E-state index >= 15 is 0 Å². The van der Waals surface area contributed by atoms with Crippen molar-refractivity contribution in [3.8, 4) is 0 Å². The standard InChI is InChI=1S/C21H28N4OS/c1-3-17-11-8-12-18(4-2)19(17)25(20(22)23)21(27)24-13-14-26-15-16-9-6-5-7-10-16/h5-12H,3-4,13-15H2,1-2H3,(H3,22,23)(H,24,27). The van der Waals surface area contributed by atoms with Crippen LogP contribution in [0.4, 0.5) is 5.69 Å². The van der Waals surface area contributed by atoms with E-state index in [2.05, 4.69) is 31.3 Å². The van der Waals surface area contributed by atoms with Crippen LogP contribution in [0.25, 0.3) is 0 Å². The Morgan fingerprint density at radius 3 is 2.26 bits per heavy atom. The third-order valence-corrected chi connectivity index (χ3v) is 4.59. The first-order valence-corrected chi connectivity index (χ1v) is 9.63. The Balaban J connectivity index is 1.99. The fourth-order valence-corrected chi connectivity index (χ4v) is 3.20. The molecule has 0 atom stereocenters. The molecule has 0 amide bonds. The molecule has 0 aromatic heterocycles. The van der Waals surface area contributed by atoms with Crippen LogP contribution in [0, 0.1) is 5.41 Å². The van der Waals surface area contributed by atoms with Gasteiger partial charge in [-0.05, 0) is 41.7 Å². The van der Waals surface area contributed by atoms with Crippen molar-refractivity contribution in [3.63, 3.8) is 0 Å². The highest BCUT2D eigenvalue weighted by Gasteiger charge is 2.20.